The fourth-order valence-electron chi connectivity index (χ4n) is 2.11. The third kappa shape index (κ3) is 8.82. The van der Waals surface area contributed by atoms with E-state index in [-0.39, 0.29) is 24.6 Å². The summed E-state index contributed by atoms with van der Waals surface area (Å²) in [7, 11) is -7.91. The molecule has 0 bridgehead atoms. The molecule has 1 rings (SSSR count). The van der Waals surface area contributed by atoms with Gasteiger partial charge in [-0.15, -0.1) is 0 Å². The van der Waals surface area contributed by atoms with Crippen molar-refractivity contribution in [2.45, 2.75) is 12.8 Å². The molecule has 10 heteroatoms. The summed E-state index contributed by atoms with van der Waals surface area (Å²) in [6, 6.07) is 0. The van der Waals surface area contributed by atoms with Gasteiger partial charge in [-0.3, -0.25) is 9.11 Å². The van der Waals surface area contributed by atoms with Gasteiger partial charge in [-0.1, -0.05) is 0 Å². The first-order valence-corrected chi connectivity index (χ1v) is 9.72. The Morgan fingerprint density at radius 2 is 1.05 bits per heavy atom. The van der Waals surface area contributed by atoms with E-state index in [2.05, 4.69) is 0 Å². The van der Waals surface area contributed by atoms with E-state index in [9.17, 15) is 16.8 Å². The van der Waals surface area contributed by atoms with Crippen molar-refractivity contribution in [2.75, 3.05) is 50.8 Å². The molecule has 0 aromatic rings. The van der Waals surface area contributed by atoms with E-state index in [1.54, 1.807) is 0 Å². The van der Waals surface area contributed by atoms with Crippen molar-refractivity contribution in [3.63, 3.8) is 0 Å². The molecule has 0 unspecified atom stereocenters. The summed E-state index contributed by atoms with van der Waals surface area (Å²) < 4.78 is 60.4. The van der Waals surface area contributed by atoms with E-state index in [0.717, 1.165) is 25.9 Å². The molecule has 1 aliphatic rings. The lowest BCUT2D eigenvalue weighted by Gasteiger charge is -2.30. The number of rotatable bonds is 6. The second-order valence-corrected chi connectivity index (χ2v) is 8.11. The molecule has 1 fully saturated rings. The highest BCUT2D eigenvalue weighted by atomic mass is 32.2. The molecule has 0 amide bonds. The average molecular weight is 330 g/mol. The summed E-state index contributed by atoms with van der Waals surface area (Å²) >= 11 is 0. The minimum Gasteiger partial charge on any atom is -0.301 e. The first kappa shape index (κ1) is 17.8. The molecule has 2 N–H and O–H groups in total. The zero-order valence-corrected chi connectivity index (χ0v) is 12.9. The fourth-order valence-corrected chi connectivity index (χ4v) is 3.09. The minimum absolute atomic E-state index is 0.269. The molecule has 1 saturated heterocycles. The summed E-state index contributed by atoms with van der Waals surface area (Å²) in [4.78, 5) is 3.88. The zero-order chi connectivity index (χ0) is 15.2. The van der Waals surface area contributed by atoms with E-state index >= 15 is 0 Å². The maximum Gasteiger partial charge on any atom is 0.266 e. The Kier molecular flexibility index (Phi) is 6.82. The van der Waals surface area contributed by atoms with Gasteiger partial charge in [0.15, 0.2) is 0 Å². The third-order valence-corrected chi connectivity index (χ3v) is 4.66. The van der Waals surface area contributed by atoms with Crippen LogP contribution in [0.4, 0.5) is 0 Å². The van der Waals surface area contributed by atoms with Gasteiger partial charge in [0.2, 0.25) is 0 Å². The summed E-state index contributed by atoms with van der Waals surface area (Å²) in [5.74, 6) is -0.587. The van der Waals surface area contributed by atoms with Crippen LogP contribution in [0.5, 0.6) is 0 Å². The Morgan fingerprint density at radius 3 is 1.35 bits per heavy atom. The van der Waals surface area contributed by atoms with E-state index in [1.807, 2.05) is 9.80 Å². The topological polar surface area (TPSA) is 115 Å². The Bertz CT molecular complexity index is 444. The van der Waals surface area contributed by atoms with Gasteiger partial charge in [0.05, 0.1) is 11.5 Å². The fraction of sp³-hybridized carbons (Fsp3) is 1.00. The summed E-state index contributed by atoms with van der Waals surface area (Å²) in [5.41, 5.74) is 0. The molecule has 0 spiro atoms. The largest absolute Gasteiger partial charge is 0.301 e. The van der Waals surface area contributed by atoms with Gasteiger partial charge in [-0.05, 0) is 25.9 Å². The van der Waals surface area contributed by atoms with Crippen molar-refractivity contribution in [2.24, 2.45) is 0 Å². The summed E-state index contributed by atoms with van der Waals surface area (Å²) in [6.07, 6.45) is 1.77. The molecule has 1 aliphatic heterocycles. The first-order chi connectivity index (χ1) is 9.16. The van der Waals surface area contributed by atoms with Crippen molar-refractivity contribution in [3.05, 3.63) is 0 Å². The highest BCUT2D eigenvalue weighted by Gasteiger charge is 2.16. The van der Waals surface area contributed by atoms with Crippen LogP contribution in [-0.2, 0) is 20.2 Å². The van der Waals surface area contributed by atoms with Gasteiger partial charge in [-0.2, -0.15) is 16.8 Å². The van der Waals surface area contributed by atoms with Crippen molar-refractivity contribution in [1.82, 2.24) is 9.80 Å². The van der Waals surface area contributed by atoms with Crippen LogP contribution >= 0.6 is 0 Å². The maximum atomic E-state index is 10.7. The molecule has 0 aromatic carbocycles. The zero-order valence-electron chi connectivity index (χ0n) is 11.3. The SMILES string of the molecule is O=S(=O)(O)CCN1CCCCN(CCS(=O)(=O)O)CC1. The maximum absolute atomic E-state index is 10.7. The van der Waals surface area contributed by atoms with Gasteiger partial charge in [0, 0.05) is 26.2 Å². The molecule has 0 aromatic heterocycles. The predicted octanol–water partition coefficient (Wildman–Crippen LogP) is -0.840. The van der Waals surface area contributed by atoms with E-state index in [0.29, 0.717) is 13.1 Å². The van der Waals surface area contributed by atoms with Crippen LogP contribution in [0, 0.1) is 0 Å². The predicted molar refractivity (Wildman–Crippen MR) is 74.9 cm³/mol. The number of hydrogen-bond acceptors (Lipinski definition) is 6. The Labute approximate surface area is 120 Å². The van der Waals surface area contributed by atoms with Crippen LogP contribution < -0.4 is 0 Å². The Balaban J connectivity index is 2.41. The van der Waals surface area contributed by atoms with Crippen molar-refractivity contribution >= 4 is 20.2 Å². The Morgan fingerprint density at radius 1 is 0.700 bits per heavy atom. The summed E-state index contributed by atoms with van der Waals surface area (Å²) in [6.45, 7) is 3.29. The molecule has 8 nitrogen and oxygen atoms in total. The van der Waals surface area contributed by atoms with Crippen LogP contribution in [0.25, 0.3) is 0 Å². The lowest BCUT2D eigenvalue weighted by Crippen LogP contribution is -2.42. The monoisotopic (exact) mass is 330 g/mol. The van der Waals surface area contributed by atoms with Gasteiger partial charge < -0.3 is 9.80 Å². The van der Waals surface area contributed by atoms with Gasteiger partial charge in [0.25, 0.3) is 20.2 Å². The van der Waals surface area contributed by atoms with Crippen LogP contribution in [-0.4, -0.2) is 86.5 Å². The normalized spacial score (nSPS) is 20.5. The number of hydrogen-bond donors (Lipinski definition) is 2. The van der Waals surface area contributed by atoms with Gasteiger partial charge in [0.1, 0.15) is 0 Å². The average Bonchev–Trinajstić information content (AvgIpc) is 2.24. The number of nitrogens with zero attached hydrogens (tertiary/aromatic N) is 2. The van der Waals surface area contributed by atoms with E-state index < -0.39 is 20.2 Å². The molecular formula is C10H22N2O6S2. The van der Waals surface area contributed by atoms with Crippen LogP contribution in [0.3, 0.4) is 0 Å². The lowest BCUT2D eigenvalue weighted by molar-refractivity contribution is 0.184. The molecule has 0 aliphatic carbocycles. The molecule has 1 heterocycles. The van der Waals surface area contributed by atoms with Crippen molar-refractivity contribution < 1.29 is 25.9 Å². The molecule has 0 atom stereocenters. The van der Waals surface area contributed by atoms with Gasteiger partial charge >= 0.3 is 0 Å². The highest BCUT2D eigenvalue weighted by molar-refractivity contribution is 7.86. The second-order valence-electron chi connectivity index (χ2n) is 4.96. The third-order valence-electron chi connectivity index (χ3n) is 3.26. The quantitative estimate of drug-likeness (QED) is 0.606. The smallest absolute Gasteiger partial charge is 0.266 e. The standard InChI is InChI=1S/C10H22N2O6S2/c13-19(14,15)9-7-11-3-1-2-4-12(6-5-11)8-10-20(16,17)18/h1-10H2,(H,13,14,15)(H,16,17,18). The molecule has 120 valence electrons. The van der Waals surface area contributed by atoms with E-state index in [4.69, 9.17) is 9.11 Å². The first-order valence-electron chi connectivity index (χ1n) is 6.51. The molecule has 0 saturated carbocycles. The Hall–Kier alpha value is -0.260. The molecule has 20 heavy (non-hydrogen) atoms. The highest BCUT2D eigenvalue weighted by Crippen LogP contribution is 2.05. The van der Waals surface area contributed by atoms with Crippen LogP contribution in [0.15, 0.2) is 0 Å². The summed E-state index contributed by atoms with van der Waals surface area (Å²) in [5, 5.41) is 0. The van der Waals surface area contributed by atoms with Crippen LogP contribution in [0.2, 0.25) is 0 Å². The van der Waals surface area contributed by atoms with E-state index in [1.165, 1.54) is 0 Å². The molecule has 0 radical (unpaired) electrons. The molecular weight excluding hydrogens is 308 g/mol. The second kappa shape index (κ2) is 7.66. The lowest BCUT2D eigenvalue weighted by atomic mass is 10.2. The minimum atomic E-state index is -3.96. The van der Waals surface area contributed by atoms with Crippen molar-refractivity contribution in [1.29, 1.82) is 0 Å². The van der Waals surface area contributed by atoms with Gasteiger partial charge in [-0.25, -0.2) is 0 Å². The van der Waals surface area contributed by atoms with Crippen LogP contribution in [0.1, 0.15) is 12.8 Å². The van der Waals surface area contributed by atoms with Crippen molar-refractivity contribution in [3.8, 4) is 0 Å².